The number of esters is 1. The molecular weight excluding hydrogens is 412 g/mol. The quantitative estimate of drug-likeness (QED) is 0.456. The lowest BCUT2D eigenvalue weighted by molar-refractivity contribution is -0.145. The number of ether oxygens (including phenoxy) is 2. The fourth-order valence-corrected chi connectivity index (χ4v) is 3.21. The zero-order valence-electron chi connectivity index (χ0n) is 16.7. The number of carbonyl (C=O) groups excluding carboxylic acids is 2. The van der Waals surface area contributed by atoms with Crippen LogP contribution in [0.3, 0.4) is 0 Å². The minimum absolute atomic E-state index is 0.0651. The predicted octanol–water partition coefficient (Wildman–Crippen LogP) is 2.52. The van der Waals surface area contributed by atoms with Crippen LogP contribution in [0, 0.1) is 11.6 Å². The maximum absolute atomic E-state index is 13.4. The average Bonchev–Trinajstić information content (AvgIpc) is 2.71. The number of methoxy groups -OCH3 is 2. The van der Waals surface area contributed by atoms with E-state index >= 15 is 0 Å². The second-order valence-electron chi connectivity index (χ2n) is 6.75. The molecule has 162 valence electrons. The molecule has 9 heteroatoms. The summed E-state index contributed by atoms with van der Waals surface area (Å²) in [5, 5.41) is 3.05. The van der Waals surface area contributed by atoms with E-state index in [0.29, 0.717) is 22.8 Å². The van der Waals surface area contributed by atoms with Crippen molar-refractivity contribution in [1.29, 1.82) is 0 Å². The van der Waals surface area contributed by atoms with Crippen LogP contribution in [-0.4, -0.2) is 32.1 Å². The van der Waals surface area contributed by atoms with Gasteiger partial charge in [0.1, 0.15) is 29.0 Å². The summed E-state index contributed by atoms with van der Waals surface area (Å²) in [5.74, 6) is -2.54. The van der Waals surface area contributed by atoms with Crippen LogP contribution in [-0.2, 0) is 27.2 Å². The Balaban J connectivity index is 1.86. The van der Waals surface area contributed by atoms with Crippen molar-refractivity contribution in [3.05, 3.63) is 75.6 Å². The molecule has 1 N–H and O–H groups in total. The van der Waals surface area contributed by atoms with E-state index in [0.717, 1.165) is 19.2 Å². The zero-order chi connectivity index (χ0) is 22.5. The van der Waals surface area contributed by atoms with Crippen molar-refractivity contribution in [2.75, 3.05) is 14.2 Å². The molecule has 0 fully saturated rings. The Morgan fingerprint density at radius 3 is 2.42 bits per heavy atom. The summed E-state index contributed by atoms with van der Waals surface area (Å²) in [6, 6.07) is 7.69. The van der Waals surface area contributed by atoms with Crippen molar-refractivity contribution < 1.29 is 32.3 Å². The maximum atomic E-state index is 13.4. The van der Waals surface area contributed by atoms with Gasteiger partial charge in [0.15, 0.2) is 0 Å². The highest BCUT2D eigenvalue weighted by Crippen LogP contribution is 2.23. The number of benzene rings is 2. The highest BCUT2D eigenvalue weighted by Gasteiger charge is 2.24. The lowest BCUT2D eigenvalue weighted by Gasteiger charge is -2.17. The van der Waals surface area contributed by atoms with E-state index in [-0.39, 0.29) is 24.0 Å². The first kappa shape index (κ1) is 21.9. The largest absolute Gasteiger partial charge is 0.497 e. The van der Waals surface area contributed by atoms with Crippen molar-refractivity contribution in [3.8, 4) is 5.75 Å². The summed E-state index contributed by atoms with van der Waals surface area (Å²) < 4.78 is 41.8. The van der Waals surface area contributed by atoms with Gasteiger partial charge >= 0.3 is 11.6 Å². The van der Waals surface area contributed by atoms with Crippen molar-refractivity contribution in [3.63, 3.8) is 0 Å². The lowest BCUT2D eigenvalue weighted by atomic mass is 10.0. The lowest BCUT2D eigenvalue weighted by Crippen LogP contribution is -2.43. The van der Waals surface area contributed by atoms with Gasteiger partial charge in [-0.3, -0.25) is 4.79 Å². The van der Waals surface area contributed by atoms with Crippen LogP contribution in [0.5, 0.6) is 5.75 Å². The highest BCUT2D eigenvalue weighted by molar-refractivity contribution is 5.87. The molecule has 1 heterocycles. The summed E-state index contributed by atoms with van der Waals surface area (Å²) in [6.07, 6.45) is -0.415. The molecule has 3 rings (SSSR count). The van der Waals surface area contributed by atoms with Gasteiger partial charge in [-0.25, -0.2) is 18.4 Å². The Bertz CT molecular complexity index is 1170. The molecular formula is C22H19F2NO6. The predicted molar refractivity (Wildman–Crippen MR) is 107 cm³/mol. The maximum Gasteiger partial charge on any atom is 0.336 e. The Morgan fingerprint density at radius 2 is 1.77 bits per heavy atom. The van der Waals surface area contributed by atoms with Gasteiger partial charge in [-0.05, 0) is 35.4 Å². The molecule has 0 saturated heterocycles. The first-order valence-electron chi connectivity index (χ1n) is 9.22. The number of halogens is 2. The second-order valence-corrected chi connectivity index (χ2v) is 6.75. The van der Waals surface area contributed by atoms with Crippen LogP contribution in [0.4, 0.5) is 8.78 Å². The number of amides is 1. The topological polar surface area (TPSA) is 94.8 Å². The number of hydrogen-bond donors (Lipinski definition) is 1. The van der Waals surface area contributed by atoms with E-state index in [1.54, 1.807) is 12.1 Å². The summed E-state index contributed by atoms with van der Waals surface area (Å²) >= 11 is 0. The molecule has 0 saturated carbocycles. The van der Waals surface area contributed by atoms with Gasteiger partial charge in [-0.15, -0.1) is 0 Å². The molecule has 0 radical (unpaired) electrons. The smallest absolute Gasteiger partial charge is 0.336 e. The Hall–Kier alpha value is -3.75. The summed E-state index contributed by atoms with van der Waals surface area (Å²) in [4.78, 5) is 36.6. The fourth-order valence-electron chi connectivity index (χ4n) is 3.21. The molecule has 2 aromatic carbocycles. The van der Waals surface area contributed by atoms with E-state index in [9.17, 15) is 23.2 Å². The minimum atomic E-state index is -1.14. The van der Waals surface area contributed by atoms with Gasteiger partial charge in [0.05, 0.1) is 20.6 Å². The second kappa shape index (κ2) is 9.38. The highest BCUT2D eigenvalue weighted by atomic mass is 19.1. The molecule has 1 atom stereocenters. The molecule has 0 aliphatic rings. The Kier molecular flexibility index (Phi) is 6.64. The van der Waals surface area contributed by atoms with Crippen molar-refractivity contribution in [2.24, 2.45) is 0 Å². The molecule has 3 aromatic rings. The van der Waals surface area contributed by atoms with Crippen LogP contribution >= 0.6 is 0 Å². The third kappa shape index (κ3) is 5.44. The third-order valence-electron chi connectivity index (χ3n) is 4.57. The molecule has 0 aliphatic heterocycles. The molecule has 7 nitrogen and oxygen atoms in total. The molecule has 0 spiro atoms. The van der Waals surface area contributed by atoms with Crippen LogP contribution in [0.15, 0.2) is 51.7 Å². The third-order valence-corrected chi connectivity index (χ3v) is 4.57. The number of fused-ring (bicyclic) bond motifs is 1. The van der Waals surface area contributed by atoms with Gasteiger partial charge in [-0.1, -0.05) is 0 Å². The van der Waals surface area contributed by atoms with E-state index in [1.165, 1.54) is 19.2 Å². The zero-order valence-corrected chi connectivity index (χ0v) is 16.7. The van der Waals surface area contributed by atoms with Gasteiger partial charge < -0.3 is 19.2 Å². The first-order valence-corrected chi connectivity index (χ1v) is 9.22. The molecule has 1 amide bonds. The Labute approximate surface area is 175 Å². The summed E-state index contributed by atoms with van der Waals surface area (Å²) in [5.41, 5.74) is 0.172. The summed E-state index contributed by atoms with van der Waals surface area (Å²) in [7, 11) is 2.63. The standard InChI is InChI=1S/C22H19F2NO6/c1-29-16-3-4-17-13(9-21(27)31-19(17)11-16)8-18(22(28)30-2)25-20(26)7-12-5-14(23)10-15(24)6-12/h3-6,9-11,18H,7-8H2,1-2H3,(H,25,26)/t18-/m1/s1. The van der Waals surface area contributed by atoms with Crippen molar-refractivity contribution in [2.45, 2.75) is 18.9 Å². The normalized spacial score (nSPS) is 11.7. The average molecular weight is 431 g/mol. The van der Waals surface area contributed by atoms with Crippen molar-refractivity contribution in [1.82, 2.24) is 5.32 Å². The van der Waals surface area contributed by atoms with Crippen LogP contribution in [0.2, 0.25) is 0 Å². The van der Waals surface area contributed by atoms with Gasteiger partial charge in [-0.2, -0.15) is 0 Å². The molecule has 0 aliphatic carbocycles. The number of carbonyl (C=O) groups is 2. The Morgan fingerprint density at radius 1 is 1.06 bits per heavy atom. The molecule has 0 bridgehead atoms. The van der Waals surface area contributed by atoms with E-state index in [2.05, 4.69) is 5.32 Å². The number of rotatable bonds is 7. The van der Waals surface area contributed by atoms with Crippen LogP contribution < -0.4 is 15.7 Å². The van der Waals surface area contributed by atoms with Crippen LogP contribution in [0.25, 0.3) is 11.0 Å². The first-order chi connectivity index (χ1) is 14.8. The van der Waals surface area contributed by atoms with Gasteiger partial charge in [0, 0.05) is 30.0 Å². The van der Waals surface area contributed by atoms with E-state index < -0.39 is 35.2 Å². The molecule has 31 heavy (non-hydrogen) atoms. The van der Waals surface area contributed by atoms with Crippen molar-refractivity contribution >= 4 is 22.8 Å². The number of nitrogens with one attached hydrogen (secondary N) is 1. The monoisotopic (exact) mass is 431 g/mol. The minimum Gasteiger partial charge on any atom is -0.497 e. The van der Waals surface area contributed by atoms with Gasteiger partial charge in [0.25, 0.3) is 0 Å². The molecule has 1 aromatic heterocycles. The van der Waals surface area contributed by atoms with E-state index in [1.807, 2.05) is 0 Å². The number of hydrogen-bond acceptors (Lipinski definition) is 6. The summed E-state index contributed by atoms with van der Waals surface area (Å²) in [6.45, 7) is 0. The van der Waals surface area contributed by atoms with Gasteiger partial charge in [0.2, 0.25) is 5.91 Å². The van der Waals surface area contributed by atoms with Crippen LogP contribution in [0.1, 0.15) is 11.1 Å². The van der Waals surface area contributed by atoms with E-state index in [4.69, 9.17) is 13.9 Å². The fraction of sp³-hybridized carbons (Fsp3) is 0.227. The SMILES string of the molecule is COC(=O)[C@@H](Cc1cc(=O)oc2cc(OC)ccc12)NC(=O)Cc1cc(F)cc(F)c1. The molecule has 0 unspecified atom stereocenters.